The highest BCUT2D eigenvalue weighted by Crippen LogP contribution is 2.43. The normalized spacial score (nSPS) is 18.4. The maximum atomic E-state index is 13.7. The van der Waals surface area contributed by atoms with Gasteiger partial charge in [0.1, 0.15) is 16.6 Å². The molecule has 0 bridgehead atoms. The molecule has 0 aliphatic heterocycles. The first-order valence-corrected chi connectivity index (χ1v) is 6.24. The van der Waals surface area contributed by atoms with Crippen LogP contribution in [0, 0.1) is 5.82 Å². The molecule has 0 aromatic heterocycles. The van der Waals surface area contributed by atoms with Gasteiger partial charge in [-0.15, -0.1) is 0 Å². The molecule has 0 heterocycles. The van der Waals surface area contributed by atoms with E-state index in [4.69, 9.17) is 22.1 Å². The quantitative estimate of drug-likeness (QED) is 0.902. The van der Waals surface area contributed by atoms with Crippen LogP contribution >= 0.6 is 11.6 Å². The van der Waals surface area contributed by atoms with E-state index in [0.717, 1.165) is 31.2 Å². The molecule has 0 amide bonds. The van der Waals surface area contributed by atoms with E-state index >= 15 is 0 Å². The summed E-state index contributed by atoms with van der Waals surface area (Å²) >= 11 is 5.83. The highest BCUT2D eigenvalue weighted by Gasteiger charge is 2.35. The third-order valence-electron chi connectivity index (χ3n) is 3.78. The summed E-state index contributed by atoms with van der Waals surface area (Å²) in [6.07, 6.45) is 4.30. The SMILES string of the molecule is COc1cc(C2(CN)CCCC2)cc(F)c1Cl. The smallest absolute Gasteiger partial charge is 0.145 e. The maximum Gasteiger partial charge on any atom is 0.145 e. The second-order valence-electron chi connectivity index (χ2n) is 4.67. The van der Waals surface area contributed by atoms with E-state index in [1.807, 2.05) is 6.07 Å². The molecule has 0 radical (unpaired) electrons. The minimum Gasteiger partial charge on any atom is -0.495 e. The number of methoxy groups -OCH3 is 1. The summed E-state index contributed by atoms with van der Waals surface area (Å²) in [4.78, 5) is 0. The number of rotatable bonds is 3. The van der Waals surface area contributed by atoms with Crippen LogP contribution in [0.5, 0.6) is 5.75 Å². The van der Waals surface area contributed by atoms with Crippen LogP contribution in [0.3, 0.4) is 0 Å². The van der Waals surface area contributed by atoms with Crippen molar-refractivity contribution in [2.24, 2.45) is 5.73 Å². The zero-order valence-corrected chi connectivity index (χ0v) is 10.7. The maximum absolute atomic E-state index is 13.7. The van der Waals surface area contributed by atoms with Crippen molar-refractivity contribution in [1.82, 2.24) is 0 Å². The number of halogens is 2. The van der Waals surface area contributed by atoms with Gasteiger partial charge in [0.25, 0.3) is 0 Å². The van der Waals surface area contributed by atoms with E-state index in [-0.39, 0.29) is 10.4 Å². The summed E-state index contributed by atoms with van der Waals surface area (Å²) in [6.45, 7) is 0.539. The van der Waals surface area contributed by atoms with Gasteiger partial charge >= 0.3 is 0 Å². The Morgan fingerprint density at radius 2 is 2.06 bits per heavy atom. The number of benzene rings is 1. The minimum absolute atomic E-state index is 0.0430. The number of hydrogen-bond acceptors (Lipinski definition) is 2. The summed E-state index contributed by atoms with van der Waals surface area (Å²) in [5, 5.41) is 0.0430. The molecule has 1 aliphatic rings. The number of nitrogens with two attached hydrogens (primary N) is 1. The van der Waals surface area contributed by atoms with Crippen LogP contribution in [0.2, 0.25) is 5.02 Å². The third-order valence-corrected chi connectivity index (χ3v) is 4.15. The summed E-state index contributed by atoms with van der Waals surface area (Å²) in [5.41, 5.74) is 6.70. The van der Waals surface area contributed by atoms with Crippen LogP contribution in [-0.4, -0.2) is 13.7 Å². The molecular weight excluding hydrogens is 241 g/mol. The first-order chi connectivity index (χ1) is 8.13. The van der Waals surface area contributed by atoms with Crippen LogP contribution < -0.4 is 10.5 Å². The van der Waals surface area contributed by atoms with Crippen molar-refractivity contribution < 1.29 is 9.13 Å². The van der Waals surface area contributed by atoms with Crippen molar-refractivity contribution in [3.63, 3.8) is 0 Å². The molecule has 0 spiro atoms. The zero-order valence-electron chi connectivity index (χ0n) is 9.93. The van der Waals surface area contributed by atoms with Crippen LogP contribution in [0.4, 0.5) is 4.39 Å². The Labute approximate surface area is 106 Å². The largest absolute Gasteiger partial charge is 0.495 e. The molecule has 94 valence electrons. The fourth-order valence-electron chi connectivity index (χ4n) is 2.68. The number of ether oxygens (including phenoxy) is 1. The van der Waals surface area contributed by atoms with Gasteiger partial charge in [0.05, 0.1) is 7.11 Å². The van der Waals surface area contributed by atoms with Crippen LogP contribution in [0.15, 0.2) is 12.1 Å². The zero-order chi connectivity index (χ0) is 12.5. The topological polar surface area (TPSA) is 35.2 Å². The lowest BCUT2D eigenvalue weighted by atomic mass is 9.79. The van der Waals surface area contributed by atoms with Gasteiger partial charge in [0, 0.05) is 12.0 Å². The summed E-state index contributed by atoms with van der Waals surface area (Å²) in [5.74, 6) is -0.0397. The molecule has 1 fully saturated rings. The monoisotopic (exact) mass is 257 g/mol. The average Bonchev–Trinajstić information content (AvgIpc) is 2.82. The molecule has 2 N–H and O–H groups in total. The Morgan fingerprint density at radius 1 is 1.41 bits per heavy atom. The molecule has 0 saturated heterocycles. The molecule has 2 rings (SSSR count). The van der Waals surface area contributed by atoms with Crippen LogP contribution in [0.25, 0.3) is 0 Å². The lowest BCUT2D eigenvalue weighted by Gasteiger charge is -2.28. The van der Waals surface area contributed by atoms with Crippen molar-refractivity contribution in [3.8, 4) is 5.75 Å². The predicted octanol–water partition coefficient (Wildman–Crippen LogP) is 3.26. The molecule has 17 heavy (non-hydrogen) atoms. The van der Waals surface area contributed by atoms with Crippen LogP contribution in [0.1, 0.15) is 31.2 Å². The highest BCUT2D eigenvalue weighted by atomic mass is 35.5. The molecule has 1 aliphatic carbocycles. The van der Waals surface area contributed by atoms with Gasteiger partial charge < -0.3 is 10.5 Å². The van der Waals surface area contributed by atoms with Crippen molar-refractivity contribution in [1.29, 1.82) is 0 Å². The highest BCUT2D eigenvalue weighted by molar-refractivity contribution is 6.32. The van der Waals surface area contributed by atoms with Crippen molar-refractivity contribution >= 4 is 11.6 Å². The van der Waals surface area contributed by atoms with Gasteiger partial charge in [0.15, 0.2) is 0 Å². The van der Waals surface area contributed by atoms with Crippen molar-refractivity contribution in [3.05, 3.63) is 28.5 Å². The number of hydrogen-bond donors (Lipinski definition) is 1. The minimum atomic E-state index is -0.430. The second-order valence-corrected chi connectivity index (χ2v) is 5.04. The first-order valence-electron chi connectivity index (χ1n) is 5.86. The van der Waals surface area contributed by atoms with Gasteiger partial charge in [-0.1, -0.05) is 24.4 Å². The fraction of sp³-hybridized carbons (Fsp3) is 0.538. The molecule has 1 saturated carbocycles. The fourth-order valence-corrected chi connectivity index (χ4v) is 2.87. The van der Waals surface area contributed by atoms with Crippen molar-refractivity contribution in [2.75, 3.05) is 13.7 Å². The second kappa shape index (κ2) is 4.83. The molecule has 1 aromatic rings. The van der Waals surface area contributed by atoms with Crippen LogP contribution in [-0.2, 0) is 5.41 Å². The lowest BCUT2D eigenvalue weighted by molar-refractivity contribution is 0.403. The molecule has 1 aromatic carbocycles. The molecule has 0 unspecified atom stereocenters. The van der Waals surface area contributed by atoms with E-state index in [2.05, 4.69) is 0 Å². The van der Waals surface area contributed by atoms with Gasteiger partial charge in [-0.2, -0.15) is 0 Å². The first kappa shape index (κ1) is 12.7. The molecule has 0 atom stereocenters. The van der Waals surface area contributed by atoms with Gasteiger partial charge in [-0.25, -0.2) is 4.39 Å². The predicted molar refractivity (Wildman–Crippen MR) is 67.2 cm³/mol. The summed E-state index contributed by atoms with van der Waals surface area (Å²) < 4.78 is 18.8. The van der Waals surface area contributed by atoms with E-state index < -0.39 is 5.82 Å². The Hall–Kier alpha value is -0.800. The van der Waals surface area contributed by atoms with E-state index in [0.29, 0.717) is 12.3 Å². The Bertz CT molecular complexity index is 416. The molecule has 4 heteroatoms. The Morgan fingerprint density at radius 3 is 2.59 bits per heavy atom. The van der Waals surface area contributed by atoms with Gasteiger partial charge in [-0.3, -0.25) is 0 Å². The lowest BCUT2D eigenvalue weighted by Crippen LogP contribution is -2.32. The standard InChI is InChI=1S/C13H17ClFNO/c1-17-11-7-9(6-10(15)12(11)14)13(8-16)4-2-3-5-13/h6-7H,2-5,8,16H2,1H3. The average molecular weight is 258 g/mol. The van der Waals surface area contributed by atoms with E-state index in [1.54, 1.807) is 0 Å². The Kier molecular flexibility index (Phi) is 3.59. The summed E-state index contributed by atoms with van der Waals surface area (Å²) in [7, 11) is 1.49. The van der Waals surface area contributed by atoms with E-state index in [9.17, 15) is 4.39 Å². The van der Waals surface area contributed by atoms with Gasteiger partial charge in [0.2, 0.25) is 0 Å². The van der Waals surface area contributed by atoms with E-state index in [1.165, 1.54) is 13.2 Å². The third kappa shape index (κ3) is 2.14. The van der Waals surface area contributed by atoms with Crippen molar-refractivity contribution in [2.45, 2.75) is 31.1 Å². The molecule has 2 nitrogen and oxygen atoms in total. The van der Waals surface area contributed by atoms with Gasteiger partial charge in [-0.05, 0) is 30.5 Å². The molecular formula is C13H17ClFNO. The summed E-state index contributed by atoms with van der Waals surface area (Å²) in [6, 6.07) is 3.33. The Balaban J connectivity index is 2.48.